The number of ether oxygens (including phenoxy) is 1. The van der Waals surface area contributed by atoms with Gasteiger partial charge in [0.1, 0.15) is 5.60 Å². The molecule has 0 saturated carbocycles. The summed E-state index contributed by atoms with van der Waals surface area (Å²) in [6, 6.07) is 0. The lowest BCUT2D eigenvalue weighted by molar-refractivity contribution is -0.124. The fourth-order valence-electron chi connectivity index (χ4n) is 1.34. The minimum absolute atomic E-state index is 0.151. The normalized spacial score (nSPS) is 11.3. The molecule has 5 heteroatoms. The lowest BCUT2D eigenvalue weighted by Gasteiger charge is -2.25. The largest absolute Gasteiger partial charge is 0.444 e. The average Bonchev–Trinajstić information content (AvgIpc) is 2.30. The molecular formula is C15H26N2O3. The second-order valence-electron chi connectivity index (χ2n) is 5.65. The first-order valence-electron chi connectivity index (χ1n) is 6.63. The van der Waals surface area contributed by atoms with Gasteiger partial charge >= 0.3 is 6.09 Å². The number of rotatable bonds is 5. The van der Waals surface area contributed by atoms with E-state index in [-0.39, 0.29) is 12.0 Å². The van der Waals surface area contributed by atoms with Gasteiger partial charge in [0, 0.05) is 32.8 Å². The average molecular weight is 282 g/mol. The van der Waals surface area contributed by atoms with Crippen LogP contribution in [0.2, 0.25) is 0 Å². The second-order valence-corrected chi connectivity index (χ2v) is 5.65. The summed E-state index contributed by atoms with van der Waals surface area (Å²) >= 11 is 0. The Morgan fingerprint density at radius 1 is 1.25 bits per heavy atom. The van der Waals surface area contributed by atoms with Crippen LogP contribution in [-0.2, 0) is 9.53 Å². The molecule has 0 aliphatic rings. The summed E-state index contributed by atoms with van der Waals surface area (Å²) in [6.45, 7) is 12.0. The standard InChI is InChI=1S/C15H26N2O3/c1-8-17(14(19)20-15(3,4)5)11-9-10-12(2)13(18)16(6)7/h9-10H,2,8,11H2,1,3-7H3. The maximum Gasteiger partial charge on any atom is 0.410 e. The third kappa shape index (κ3) is 6.97. The van der Waals surface area contributed by atoms with E-state index in [2.05, 4.69) is 6.58 Å². The molecule has 0 radical (unpaired) electrons. The molecule has 0 rings (SSSR count). The maximum absolute atomic E-state index is 11.9. The Hall–Kier alpha value is -1.78. The van der Waals surface area contributed by atoms with Crippen LogP contribution in [-0.4, -0.2) is 54.6 Å². The molecule has 0 aromatic rings. The van der Waals surface area contributed by atoms with Gasteiger partial charge in [-0.2, -0.15) is 0 Å². The van der Waals surface area contributed by atoms with Crippen LogP contribution in [0, 0.1) is 0 Å². The molecule has 0 atom stereocenters. The van der Waals surface area contributed by atoms with Gasteiger partial charge < -0.3 is 14.5 Å². The van der Waals surface area contributed by atoms with Gasteiger partial charge in [-0.25, -0.2) is 4.79 Å². The number of likely N-dealkylation sites (N-methyl/N-ethyl adjacent to an activating group) is 2. The van der Waals surface area contributed by atoms with Crippen molar-refractivity contribution >= 4 is 12.0 Å². The van der Waals surface area contributed by atoms with E-state index in [0.29, 0.717) is 18.7 Å². The summed E-state index contributed by atoms with van der Waals surface area (Å²) in [5.74, 6) is -0.151. The van der Waals surface area contributed by atoms with Gasteiger partial charge in [-0.15, -0.1) is 0 Å². The van der Waals surface area contributed by atoms with Crippen molar-refractivity contribution in [1.82, 2.24) is 9.80 Å². The van der Waals surface area contributed by atoms with Crippen LogP contribution in [0.25, 0.3) is 0 Å². The Bertz CT molecular complexity index is 392. The van der Waals surface area contributed by atoms with Gasteiger partial charge in [-0.1, -0.05) is 18.7 Å². The summed E-state index contributed by atoms with van der Waals surface area (Å²) in [6.07, 6.45) is 2.99. The Balaban J connectivity index is 4.49. The molecule has 0 aromatic carbocycles. The molecule has 0 unspecified atom stereocenters. The predicted molar refractivity (Wildman–Crippen MR) is 80.5 cm³/mol. The van der Waals surface area contributed by atoms with Crippen LogP contribution in [0.3, 0.4) is 0 Å². The SMILES string of the molecule is C=C(C=CCN(CC)C(=O)OC(C)(C)C)C(=O)N(C)C. The number of nitrogens with zero attached hydrogens (tertiary/aromatic N) is 2. The van der Waals surface area contributed by atoms with Crippen molar-refractivity contribution in [2.45, 2.75) is 33.3 Å². The molecular weight excluding hydrogens is 256 g/mol. The van der Waals surface area contributed by atoms with Crippen LogP contribution in [0.5, 0.6) is 0 Å². The second kappa shape index (κ2) is 7.72. The van der Waals surface area contributed by atoms with Crippen LogP contribution < -0.4 is 0 Å². The van der Waals surface area contributed by atoms with E-state index >= 15 is 0 Å². The fraction of sp³-hybridized carbons (Fsp3) is 0.600. The maximum atomic E-state index is 11.9. The third-order valence-electron chi connectivity index (χ3n) is 2.36. The fourth-order valence-corrected chi connectivity index (χ4v) is 1.34. The van der Waals surface area contributed by atoms with Gasteiger partial charge in [-0.3, -0.25) is 4.79 Å². The Morgan fingerprint density at radius 2 is 1.80 bits per heavy atom. The van der Waals surface area contributed by atoms with Gasteiger partial charge in [0.05, 0.1) is 0 Å². The zero-order valence-electron chi connectivity index (χ0n) is 13.4. The summed E-state index contributed by atoms with van der Waals surface area (Å²) in [7, 11) is 3.33. The third-order valence-corrected chi connectivity index (χ3v) is 2.36. The highest BCUT2D eigenvalue weighted by Crippen LogP contribution is 2.10. The minimum Gasteiger partial charge on any atom is -0.444 e. The lowest BCUT2D eigenvalue weighted by Crippen LogP contribution is -2.36. The lowest BCUT2D eigenvalue weighted by atomic mass is 10.2. The predicted octanol–water partition coefficient (Wildman–Crippen LogP) is 2.44. The van der Waals surface area contributed by atoms with Crippen molar-refractivity contribution in [2.24, 2.45) is 0 Å². The molecule has 20 heavy (non-hydrogen) atoms. The highest BCUT2D eigenvalue weighted by Gasteiger charge is 2.20. The van der Waals surface area contributed by atoms with Crippen LogP contribution in [0.15, 0.2) is 24.3 Å². The molecule has 0 aromatic heterocycles. The molecule has 114 valence electrons. The van der Waals surface area contributed by atoms with Gasteiger partial charge in [0.2, 0.25) is 0 Å². The molecule has 0 aliphatic heterocycles. The number of hydrogen-bond donors (Lipinski definition) is 0. The van der Waals surface area contributed by atoms with E-state index in [4.69, 9.17) is 4.74 Å². The minimum atomic E-state index is -0.515. The van der Waals surface area contributed by atoms with E-state index in [0.717, 1.165) is 0 Å². The first-order chi connectivity index (χ1) is 9.08. The first kappa shape index (κ1) is 18.2. The van der Waals surface area contributed by atoms with Crippen molar-refractivity contribution < 1.29 is 14.3 Å². The number of carbonyl (C=O) groups excluding carboxylic acids is 2. The highest BCUT2D eigenvalue weighted by atomic mass is 16.6. The zero-order chi connectivity index (χ0) is 15.9. The Labute approximate surface area is 121 Å². The molecule has 0 spiro atoms. The van der Waals surface area contributed by atoms with Gasteiger partial charge in [-0.05, 0) is 27.7 Å². The summed E-state index contributed by atoms with van der Waals surface area (Å²) < 4.78 is 5.29. The molecule has 2 amide bonds. The number of hydrogen-bond acceptors (Lipinski definition) is 3. The quantitative estimate of drug-likeness (QED) is 0.575. The van der Waals surface area contributed by atoms with Gasteiger partial charge in [0.15, 0.2) is 0 Å². The smallest absolute Gasteiger partial charge is 0.410 e. The van der Waals surface area contributed by atoms with Crippen molar-refractivity contribution in [1.29, 1.82) is 0 Å². The van der Waals surface area contributed by atoms with Crippen molar-refractivity contribution in [3.63, 3.8) is 0 Å². The topological polar surface area (TPSA) is 49.9 Å². The van der Waals surface area contributed by atoms with Crippen LogP contribution >= 0.6 is 0 Å². The van der Waals surface area contributed by atoms with E-state index in [1.807, 2.05) is 27.7 Å². The summed E-state index contributed by atoms with van der Waals surface area (Å²) in [5, 5.41) is 0. The Kier molecular flexibility index (Phi) is 7.04. The van der Waals surface area contributed by atoms with E-state index in [9.17, 15) is 9.59 Å². The molecule has 0 N–H and O–H groups in total. The summed E-state index contributed by atoms with van der Waals surface area (Å²) in [5.41, 5.74) is -0.131. The van der Waals surface area contributed by atoms with Crippen molar-refractivity contribution in [2.75, 3.05) is 27.2 Å². The number of amides is 2. The molecule has 5 nitrogen and oxygen atoms in total. The van der Waals surface area contributed by atoms with Crippen molar-refractivity contribution in [3.05, 3.63) is 24.3 Å². The molecule has 0 saturated heterocycles. The molecule has 0 bridgehead atoms. The molecule has 0 heterocycles. The monoisotopic (exact) mass is 282 g/mol. The summed E-state index contributed by atoms with van der Waals surface area (Å²) in [4.78, 5) is 26.5. The number of carbonyl (C=O) groups is 2. The Morgan fingerprint density at radius 3 is 2.20 bits per heavy atom. The van der Waals surface area contributed by atoms with E-state index < -0.39 is 5.60 Å². The van der Waals surface area contributed by atoms with Crippen LogP contribution in [0.4, 0.5) is 4.79 Å². The van der Waals surface area contributed by atoms with E-state index in [1.54, 1.807) is 31.1 Å². The highest BCUT2D eigenvalue weighted by molar-refractivity contribution is 5.95. The van der Waals surface area contributed by atoms with Crippen molar-refractivity contribution in [3.8, 4) is 0 Å². The zero-order valence-corrected chi connectivity index (χ0v) is 13.4. The first-order valence-corrected chi connectivity index (χ1v) is 6.63. The molecule has 0 fully saturated rings. The van der Waals surface area contributed by atoms with E-state index in [1.165, 1.54) is 4.90 Å². The van der Waals surface area contributed by atoms with Crippen LogP contribution in [0.1, 0.15) is 27.7 Å². The van der Waals surface area contributed by atoms with Gasteiger partial charge in [0.25, 0.3) is 5.91 Å². The molecule has 0 aliphatic carbocycles.